The topological polar surface area (TPSA) is 18.1 Å². The Morgan fingerprint density at radius 1 is 0.897 bits per heavy atom. The van der Waals surface area contributed by atoms with Crippen molar-refractivity contribution in [3.05, 3.63) is 71.8 Å². The van der Waals surface area contributed by atoms with Crippen LogP contribution in [-0.4, -0.2) is 4.57 Å². The number of fused-ring (bicyclic) bond motifs is 7. The standard InChI is InChI=1S/C27H23NO/c1-27(10-9-16-11-17(16)15-27)18-7-8-23-20(12-18)21-14-26-22(13-24(21)28(23)2)19-5-3-4-6-25(19)29-26/h3-9,12-14,17H,10-11,15H2,1-2H3. The number of aryl methyl sites for hydroxylation is 1. The minimum absolute atomic E-state index is 0.254. The van der Waals surface area contributed by atoms with E-state index in [0.29, 0.717) is 0 Å². The molecule has 5 aromatic rings. The van der Waals surface area contributed by atoms with Crippen LogP contribution in [0.2, 0.25) is 0 Å². The number of hydrogen-bond donors (Lipinski definition) is 0. The number of hydrogen-bond acceptors (Lipinski definition) is 1. The Kier molecular flexibility index (Phi) is 2.81. The van der Waals surface area contributed by atoms with Crippen LogP contribution >= 0.6 is 0 Å². The Labute approximate surface area is 169 Å². The van der Waals surface area contributed by atoms with E-state index in [9.17, 15) is 0 Å². The summed E-state index contributed by atoms with van der Waals surface area (Å²) in [5, 5.41) is 5.02. The summed E-state index contributed by atoms with van der Waals surface area (Å²) in [4.78, 5) is 0. The summed E-state index contributed by atoms with van der Waals surface area (Å²) in [5.74, 6) is 0.840. The summed E-state index contributed by atoms with van der Waals surface area (Å²) in [6.45, 7) is 2.45. The van der Waals surface area contributed by atoms with Crippen LogP contribution in [-0.2, 0) is 12.5 Å². The average Bonchev–Trinajstić information content (AvgIpc) is 3.33. The van der Waals surface area contributed by atoms with Gasteiger partial charge in [0.1, 0.15) is 11.2 Å². The van der Waals surface area contributed by atoms with Crippen LogP contribution in [0.5, 0.6) is 0 Å². The summed E-state index contributed by atoms with van der Waals surface area (Å²) in [5.41, 5.74) is 7.93. The molecule has 0 saturated heterocycles. The van der Waals surface area contributed by atoms with E-state index in [2.05, 4.69) is 73.1 Å². The molecule has 0 amide bonds. The molecule has 2 aliphatic carbocycles. The molecule has 2 heterocycles. The third kappa shape index (κ3) is 2.07. The molecule has 142 valence electrons. The molecule has 2 aliphatic rings. The highest BCUT2D eigenvalue weighted by atomic mass is 16.3. The van der Waals surface area contributed by atoms with Crippen molar-refractivity contribution in [2.24, 2.45) is 13.0 Å². The van der Waals surface area contributed by atoms with E-state index >= 15 is 0 Å². The molecule has 0 aliphatic heterocycles. The molecule has 1 fully saturated rings. The van der Waals surface area contributed by atoms with Gasteiger partial charge in [-0.25, -0.2) is 0 Å². The van der Waals surface area contributed by atoms with Gasteiger partial charge in [0.15, 0.2) is 0 Å². The van der Waals surface area contributed by atoms with Gasteiger partial charge in [0.05, 0.1) is 0 Å². The predicted molar refractivity (Wildman–Crippen MR) is 120 cm³/mol. The zero-order chi connectivity index (χ0) is 19.3. The minimum atomic E-state index is 0.254. The quantitative estimate of drug-likeness (QED) is 0.282. The third-order valence-electron chi connectivity index (χ3n) is 7.56. The fourth-order valence-corrected chi connectivity index (χ4v) is 5.70. The van der Waals surface area contributed by atoms with Gasteiger partial charge >= 0.3 is 0 Å². The largest absolute Gasteiger partial charge is 0.456 e. The van der Waals surface area contributed by atoms with E-state index in [1.165, 1.54) is 57.4 Å². The second-order valence-electron chi connectivity index (χ2n) is 9.40. The zero-order valence-electron chi connectivity index (χ0n) is 16.8. The molecule has 29 heavy (non-hydrogen) atoms. The molecule has 2 aromatic heterocycles. The highest BCUT2D eigenvalue weighted by Crippen LogP contribution is 2.53. The fourth-order valence-electron chi connectivity index (χ4n) is 5.70. The van der Waals surface area contributed by atoms with Crippen molar-refractivity contribution in [1.82, 2.24) is 4.57 Å². The molecule has 3 aromatic carbocycles. The summed E-state index contributed by atoms with van der Waals surface area (Å²) in [7, 11) is 2.18. The molecule has 2 nitrogen and oxygen atoms in total. The van der Waals surface area contributed by atoms with E-state index < -0.39 is 0 Å². The summed E-state index contributed by atoms with van der Waals surface area (Å²) in [6, 6.07) is 20.0. The maximum absolute atomic E-state index is 6.19. The van der Waals surface area contributed by atoms with Crippen molar-refractivity contribution >= 4 is 43.7 Å². The van der Waals surface area contributed by atoms with Gasteiger partial charge in [-0.05, 0) is 66.5 Å². The molecule has 0 radical (unpaired) electrons. The van der Waals surface area contributed by atoms with Crippen molar-refractivity contribution in [2.45, 2.75) is 31.6 Å². The lowest BCUT2D eigenvalue weighted by atomic mass is 9.73. The normalized spacial score (nSPS) is 23.8. The van der Waals surface area contributed by atoms with Crippen LogP contribution in [0, 0.1) is 5.92 Å². The molecule has 2 atom stereocenters. The number of furan rings is 1. The van der Waals surface area contributed by atoms with Crippen LogP contribution in [0.4, 0.5) is 0 Å². The molecule has 0 N–H and O–H groups in total. The molecule has 1 saturated carbocycles. The van der Waals surface area contributed by atoms with Crippen molar-refractivity contribution in [2.75, 3.05) is 0 Å². The number of aromatic nitrogens is 1. The lowest BCUT2D eigenvalue weighted by Crippen LogP contribution is -2.23. The van der Waals surface area contributed by atoms with Gasteiger partial charge in [-0.2, -0.15) is 0 Å². The fraction of sp³-hybridized carbons (Fsp3) is 0.259. The number of rotatable bonds is 1. The first kappa shape index (κ1) is 15.9. The van der Waals surface area contributed by atoms with Crippen LogP contribution in [0.15, 0.2) is 70.7 Å². The van der Waals surface area contributed by atoms with Gasteiger partial charge < -0.3 is 8.98 Å². The summed E-state index contributed by atoms with van der Waals surface area (Å²) < 4.78 is 8.52. The number of nitrogens with zero attached hydrogens (tertiary/aromatic N) is 1. The first-order chi connectivity index (χ1) is 14.1. The molecular formula is C27H23NO. The SMILES string of the molecule is Cn1c2ccc(C3(C)CC=C4CC4C3)cc2c2cc3oc4ccccc4c3cc21. The maximum atomic E-state index is 6.19. The molecule has 0 spiro atoms. The summed E-state index contributed by atoms with van der Waals surface area (Å²) >= 11 is 0. The Morgan fingerprint density at radius 3 is 2.66 bits per heavy atom. The van der Waals surface area contributed by atoms with Crippen molar-refractivity contribution in [3.63, 3.8) is 0 Å². The maximum Gasteiger partial charge on any atom is 0.136 e. The van der Waals surface area contributed by atoms with Gasteiger partial charge in [-0.1, -0.05) is 42.8 Å². The molecule has 0 bridgehead atoms. The second kappa shape index (κ2) is 5.13. The molecule has 7 rings (SSSR count). The Hall–Kier alpha value is -3.00. The van der Waals surface area contributed by atoms with Gasteiger partial charge in [0, 0.05) is 39.6 Å². The highest BCUT2D eigenvalue weighted by molar-refractivity contribution is 6.16. The van der Waals surface area contributed by atoms with Crippen molar-refractivity contribution < 1.29 is 4.42 Å². The Morgan fingerprint density at radius 2 is 1.76 bits per heavy atom. The average molecular weight is 377 g/mol. The smallest absolute Gasteiger partial charge is 0.136 e. The van der Waals surface area contributed by atoms with Crippen molar-refractivity contribution in [1.29, 1.82) is 0 Å². The van der Waals surface area contributed by atoms with E-state index in [1.54, 1.807) is 5.57 Å². The van der Waals surface area contributed by atoms with E-state index in [-0.39, 0.29) is 5.41 Å². The van der Waals surface area contributed by atoms with Gasteiger partial charge in [0.2, 0.25) is 0 Å². The summed E-state index contributed by atoms with van der Waals surface area (Å²) in [6.07, 6.45) is 6.29. The van der Waals surface area contributed by atoms with Gasteiger partial charge in [-0.3, -0.25) is 0 Å². The lowest BCUT2D eigenvalue weighted by molar-refractivity contribution is 0.407. The lowest BCUT2D eigenvalue weighted by Gasteiger charge is -2.31. The third-order valence-corrected chi connectivity index (χ3v) is 7.56. The number of allylic oxidation sites excluding steroid dienone is 2. The van der Waals surface area contributed by atoms with Gasteiger partial charge in [0.25, 0.3) is 0 Å². The van der Waals surface area contributed by atoms with E-state index in [4.69, 9.17) is 4.42 Å². The van der Waals surface area contributed by atoms with Crippen LogP contribution in [0.25, 0.3) is 43.7 Å². The molecule has 2 unspecified atom stereocenters. The number of benzene rings is 3. The van der Waals surface area contributed by atoms with Crippen LogP contribution < -0.4 is 0 Å². The monoisotopic (exact) mass is 377 g/mol. The van der Waals surface area contributed by atoms with Crippen LogP contribution in [0.1, 0.15) is 31.7 Å². The Balaban J connectivity index is 1.50. The molecular weight excluding hydrogens is 354 g/mol. The zero-order valence-corrected chi connectivity index (χ0v) is 16.8. The minimum Gasteiger partial charge on any atom is -0.456 e. The first-order valence-electron chi connectivity index (χ1n) is 10.6. The number of para-hydroxylation sites is 1. The van der Waals surface area contributed by atoms with E-state index in [1.807, 2.05) is 6.07 Å². The highest BCUT2D eigenvalue weighted by Gasteiger charge is 2.41. The first-order valence-corrected chi connectivity index (χ1v) is 10.6. The predicted octanol–water partition coefficient (Wildman–Crippen LogP) is 7.23. The second-order valence-corrected chi connectivity index (χ2v) is 9.40. The van der Waals surface area contributed by atoms with Gasteiger partial charge in [-0.15, -0.1) is 0 Å². The van der Waals surface area contributed by atoms with E-state index in [0.717, 1.165) is 17.1 Å². The van der Waals surface area contributed by atoms with Crippen LogP contribution in [0.3, 0.4) is 0 Å². The van der Waals surface area contributed by atoms with Crippen molar-refractivity contribution in [3.8, 4) is 0 Å². The molecule has 2 heteroatoms. The Bertz CT molecular complexity index is 1510.